The lowest BCUT2D eigenvalue weighted by atomic mass is 10.1. The number of benzene rings is 1. The van der Waals surface area contributed by atoms with Crippen LogP contribution in [0.4, 0.5) is 4.79 Å². The minimum Gasteiger partial charge on any atom is -0.478 e. The zero-order valence-electron chi connectivity index (χ0n) is 12.4. The van der Waals surface area contributed by atoms with Crippen LogP contribution >= 0.6 is 0 Å². The third-order valence-electron chi connectivity index (χ3n) is 2.99. The number of nitrogens with zero attached hydrogens (tertiary/aromatic N) is 2. The van der Waals surface area contributed by atoms with Gasteiger partial charge >= 0.3 is 12.0 Å². The van der Waals surface area contributed by atoms with Gasteiger partial charge in [0.25, 0.3) is 0 Å². The van der Waals surface area contributed by atoms with Crippen molar-refractivity contribution in [2.45, 2.75) is 19.9 Å². The number of carboxylic acids is 1. The molecule has 1 aromatic carbocycles. The molecule has 112 valence electrons. The predicted octanol–water partition coefficient (Wildman–Crippen LogP) is 2.28. The molecule has 0 aliphatic heterocycles. The van der Waals surface area contributed by atoms with Crippen LogP contribution in [0.5, 0.6) is 0 Å². The van der Waals surface area contributed by atoms with E-state index in [1.54, 1.807) is 29.0 Å². The Hall–Kier alpha value is -2.48. The minimum atomic E-state index is -0.964. The largest absolute Gasteiger partial charge is 0.478 e. The average Bonchev–Trinajstić information content (AvgIpc) is 2.46. The molecule has 0 unspecified atom stereocenters. The number of aromatic carboxylic acids is 1. The lowest BCUT2D eigenvalue weighted by Gasteiger charge is -2.26. The number of urea groups is 1. The summed E-state index contributed by atoms with van der Waals surface area (Å²) < 4.78 is 0. The molecule has 0 atom stereocenters. The van der Waals surface area contributed by atoms with Gasteiger partial charge in [-0.15, -0.1) is 6.42 Å². The van der Waals surface area contributed by atoms with E-state index in [9.17, 15) is 9.59 Å². The van der Waals surface area contributed by atoms with Crippen LogP contribution in [0.2, 0.25) is 0 Å². The van der Waals surface area contributed by atoms with Gasteiger partial charge in [-0.2, -0.15) is 0 Å². The number of rotatable bonds is 6. The topological polar surface area (TPSA) is 60.9 Å². The zero-order chi connectivity index (χ0) is 15.8. The normalized spacial score (nSPS) is 9.76. The van der Waals surface area contributed by atoms with Gasteiger partial charge in [-0.1, -0.05) is 25.0 Å². The molecule has 0 radical (unpaired) electrons. The summed E-state index contributed by atoms with van der Waals surface area (Å²) >= 11 is 0. The fourth-order valence-electron chi connectivity index (χ4n) is 1.96. The first-order valence-electron chi connectivity index (χ1n) is 6.75. The van der Waals surface area contributed by atoms with Crippen molar-refractivity contribution < 1.29 is 14.7 Å². The van der Waals surface area contributed by atoms with E-state index in [2.05, 4.69) is 5.92 Å². The van der Waals surface area contributed by atoms with Crippen LogP contribution < -0.4 is 0 Å². The molecule has 21 heavy (non-hydrogen) atoms. The molecule has 0 fully saturated rings. The van der Waals surface area contributed by atoms with Crippen molar-refractivity contribution >= 4 is 12.0 Å². The number of amides is 2. The highest BCUT2D eigenvalue weighted by Gasteiger charge is 2.16. The van der Waals surface area contributed by atoms with Crippen LogP contribution in [-0.4, -0.2) is 47.0 Å². The van der Waals surface area contributed by atoms with Crippen LogP contribution in [-0.2, 0) is 6.54 Å². The second-order valence-electron chi connectivity index (χ2n) is 4.77. The number of hydrogen-bond donors (Lipinski definition) is 1. The number of carbonyl (C=O) groups excluding carboxylic acids is 1. The average molecular weight is 288 g/mol. The Balaban J connectivity index is 2.70. The van der Waals surface area contributed by atoms with Crippen LogP contribution in [0.1, 0.15) is 29.3 Å². The van der Waals surface area contributed by atoms with Gasteiger partial charge in [0.05, 0.1) is 12.1 Å². The Morgan fingerprint density at radius 2 is 1.90 bits per heavy atom. The van der Waals surface area contributed by atoms with Crippen LogP contribution in [0.3, 0.4) is 0 Å². The van der Waals surface area contributed by atoms with Crippen molar-refractivity contribution in [2.75, 3.05) is 20.1 Å². The second kappa shape index (κ2) is 7.95. The summed E-state index contributed by atoms with van der Waals surface area (Å²) in [5.41, 5.74) is 1.10. The molecule has 0 bridgehead atoms. The van der Waals surface area contributed by atoms with E-state index in [-0.39, 0.29) is 18.1 Å². The second-order valence-corrected chi connectivity index (χ2v) is 4.77. The Kier molecular flexibility index (Phi) is 6.28. The fourth-order valence-corrected chi connectivity index (χ4v) is 1.96. The molecule has 1 aromatic rings. The molecule has 0 saturated carbocycles. The first kappa shape index (κ1) is 16.6. The van der Waals surface area contributed by atoms with E-state index in [4.69, 9.17) is 11.5 Å². The molecular formula is C16H20N2O3. The zero-order valence-corrected chi connectivity index (χ0v) is 12.4. The summed E-state index contributed by atoms with van der Waals surface area (Å²) in [7, 11) is 1.70. The molecule has 0 spiro atoms. The lowest BCUT2D eigenvalue weighted by Crippen LogP contribution is -2.41. The first-order valence-corrected chi connectivity index (χ1v) is 6.75. The number of carbonyl (C=O) groups is 2. The third-order valence-corrected chi connectivity index (χ3v) is 2.99. The fraction of sp³-hybridized carbons (Fsp3) is 0.375. The summed E-state index contributed by atoms with van der Waals surface area (Å²) in [6, 6.07) is 6.34. The van der Waals surface area contributed by atoms with Gasteiger partial charge in [0, 0.05) is 20.1 Å². The molecule has 0 aromatic heterocycles. The van der Waals surface area contributed by atoms with Gasteiger partial charge in [-0.25, -0.2) is 9.59 Å². The Bertz CT molecular complexity index is 531. The quantitative estimate of drug-likeness (QED) is 0.817. The maximum Gasteiger partial charge on any atom is 0.335 e. The number of carboxylic acid groups (broad SMARTS) is 1. The highest BCUT2D eigenvalue weighted by molar-refractivity contribution is 5.87. The van der Waals surface area contributed by atoms with Crippen LogP contribution in [0, 0.1) is 12.3 Å². The van der Waals surface area contributed by atoms with Crippen molar-refractivity contribution in [3.8, 4) is 12.3 Å². The van der Waals surface area contributed by atoms with Gasteiger partial charge in [-0.05, 0) is 24.1 Å². The van der Waals surface area contributed by atoms with Crippen molar-refractivity contribution in [3.05, 3.63) is 35.4 Å². The van der Waals surface area contributed by atoms with Crippen molar-refractivity contribution in [2.24, 2.45) is 0 Å². The van der Waals surface area contributed by atoms with E-state index in [0.29, 0.717) is 13.1 Å². The van der Waals surface area contributed by atoms with Gasteiger partial charge < -0.3 is 14.9 Å². The standard InChI is InChI=1S/C16H20N2O3/c1-4-10-18(11-5-2)16(21)17(3)12-13-6-8-14(9-7-13)15(19)20/h1,6-9H,5,10-12H2,2-3H3,(H,19,20). The monoisotopic (exact) mass is 288 g/mol. The van der Waals surface area contributed by atoms with Crippen molar-refractivity contribution in [3.63, 3.8) is 0 Å². The van der Waals surface area contributed by atoms with Gasteiger partial charge in [-0.3, -0.25) is 0 Å². The smallest absolute Gasteiger partial charge is 0.335 e. The molecule has 0 heterocycles. The van der Waals surface area contributed by atoms with Crippen LogP contribution in [0.25, 0.3) is 0 Å². The summed E-state index contributed by atoms with van der Waals surface area (Å²) in [4.78, 5) is 26.2. The number of terminal acetylenes is 1. The first-order chi connectivity index (χ1) is 9.99. The maximum absolute atomic E-state index is 12.3. The summed E-state index contributed by atoms with van der Waals surface area (Å²) in [6.07, 6.45) is 6.12. The maximum atomic E-state index is 12.3. The van der Waals surface area contributed by atoms with Crippen LogP contribution in [0.15, 0.2) is 24.3 Å². The van der Waals surface area contributed by atoms with Gasteiger partial charge in [0.15, 0.2) is 0 Å². The third kappa shape index (κ3) is 4.84. The molecule has 0 saturated heterocycles. The van der Waals surface area contributed by atoms with E-state index >= 15 is 0 Å². The summed E-state index contributed by atoms with van der Waals surface area (Å²) in [6.45, 7) is 3.30. The Morgan fingerprint density at radius 1 is 1.29 bits per heavy atom. The lowest BCUT2D eigenvalue weighted by molar-refractivity contribution is 0.0697. The highest BCUT2D eigenvalue weighted by Crippen LogP contribution is 2.09. The van der Waals surface area contributed by atoms with E-state index < -0.39 is 5.97 Å². The van der Waals surface area contributed by atoms with Gasteiger partial charge in [0.2, 0.25) is 0 Å². The summed E-state index contributed by atoms with van der Waals surface area (Å²) in [5.74, 6) is 1.52. The van der Waals surface area contributed by atoms with Crippen molar-refractivity contribution in [1.82, 2.24) is 9.80 Å². The molecule has 0 aliphatic rings. The van der Waals surface area contributed by atoms with E-state index in [1.807, 2.05) is 6.92 Å². The molecule has 2 amide bonds. The SMILES string of the molecule is C#CCN(CCC)C(=O)N(C)Cc1ccc(C(=O)O)cc1. The molecule has 5 heteroatoms. The van der Waals surface area contributed by atoms with Gasteiger partial charge in [0.1, 0.15) is 0 Å². The Labute approximate surface area is 125 Å². The number of hydrogen-bond acceptors (Lipinski definition) is 2. The molecule has 5 nitrogen and oxygen atoms in total. The Morgan fingerprint density at radius 3 is 2.38 bits per heavy atom. The molecule has 0 aliphatic carbocycles. The molecule has 1 N–H and O–H groups in total. The highest BCUT2D eigenvalue weighted by atomic mass is 16.4. The van der Waals surface area contributed by atoms with E-state index in [0.717, 1.165) is 12.0 Å². The van der Waals surface area contributed by atoms with Crippen molar-refractivity contribution in [1.29, 1.82) is 0 Å². The molecular weight excluding hydrogens is 268 g/mol. The molecule has 1 rings (SSSR count). The van der Waals surface area contributed by atoms with E-state index in [1.165, 1.54) is 12.1 Å². The summed E-state index contributed by atoms with van der Waals surface area (Å²) in [5, 5.41) is 8.85. The predicted molar refractivity (Wildman–Crippen MR) is 81.0 cm³/mol. The minimum absolute atomic E-state index is 0.128.